The number of nitrogens with one attached hydrogen (secondary N) is 2. The van der Waals surface area contributed by atoms with Gasteiger partial charge in [0.2, 0.25) is 5.91 Å². The molecule has 0 aromatic heterocycles. The highest BCUT2D eigenvalue weighted by atomic mass is 35.5. The Balaban J connectivity index is 0.00000220. The molecule has 5 heteroatoms. The molecule has 1 fully saturated rings. The number of amides is 1. The molecule has 0 spiro atoms. The van der Waals surface area contributed by atoms with Crippen LogP contribution in [-0.4, -0.2) is 25.5 Å². The van der Waals surface area contributed by atoms with Crippen molar-refractivity contribution in [1.29, 1.82) is 0 Å². The van der Waals surface area contributed by atoms with Crippen LogP contribution in [0.2, 0.25) is 0 Å². The van der Waals surface area contributed by atoms with E-state index in [1.165, 1.54) is 12.1 Å². The van der Waals surface area contributed by atoms with E-state index in [9.17, 15) is 9.18 Å². The molecule has 1 atom stereocenters. The predicted molar refractivity (Wildman–Crippen MR) is 85.3 cm³/mol. The normalized spacial score (nSPS) is 18.7. The van der Waals surface area contributed by atoms with Gasteiger partial charge < -0.3 is 10.6 Å². The third kappa shape index (κ3) is 4.97. The lowest BCUT2D eigenvalue weighted by molar-refractivity contribution is -0.125. The molecule has 1 aliphatic rings. The first kappa shape index (κ1) is 17.9. The maximum atomic E-state index is 13.3. The predicted octanol–water partition coefficient (Wildman–Crippen LogP) is 2.64. The molecule has 0 aliphatic carbocycles. The van der Waals surface area contributed by atoms with Crippen molar-refractivity contribution in [2.24, 2.45) is 5.92 Å². The summed E-state index contributed by atoms with van der Waals surface area (Å²) in [5, 5.41) is 6.25. The van der Waals surface area contributed by atoms with E-state index in [-0.39, 0.29) is 35.5 Å². The standard InChI is InChI=1S/C16H23FN2O.ClH/c1-16(2,13-6-3-7-14(17)9-13)11-19-15(20)12-5-4-8-18-10-12;/h3,6-7,9,12,18H,4-5,8,10-11H2,1-2H3,(H,19,20);1H. The summed E-state index contributed by atoms with van der Waals surface area (Å²) in [6.07, 6.45) is 1.99. The van der Waals surface area contributed by atoms with Crippen LogP contribution in [0.15, 0.2) is 24.3 Å². The Morgan fingerprint density at radius 1 is 1.48 bits per heavy atom. The van der Waals surface area contributed by atoms with Gasteiger partial charge in [-0.1, -0.05) is 26.0 Å². The number of hydrogen-bond donors (Lipinski definition) is 2. The summed E-state index contributed by atoms with van der Waals surface area (Å²) in [6, 6.07) is 6.58. The molecule has 0 saturated carbocycles. The Kier molecular flexibility index (Phi) is 6.62. The molecular formula is C16H24ClFN2O. The van der Waals surface area contributed by atoms with Crippen molar-refractivity contribution < 1.29 is 9.18 Å². The van der Waals surface area contributed by atoms with Crippen molar-refractivity contribution in [3.05, 3.63) is 35.6 Å². The molecule has 1 heterocycles. The van der Waals surface area contributed by atoms with Crippen LogP contribution < -0.4 is 10.6 Å². The lowest BCUT2D eigenvalue weighted by atomic mass is 9.84. The van der Waals surface area contributed by atoms with Gasteiger partial charge in [0, 0.05) is 18.5 Å². The Morgan fingerprint density at radius 3 is 2.86 bits per heavy atom. The van der Waals surface area contributed by atoms with Gasteiger partial charge in [-0.2, -0.15) is 0 Å². The summed E-state index contributed by atoms with van der Waals surface area (Å²) in [5.74, 6) is -0.0767. The van der Waals surface area contributed by atoms with E-state index >= 15 is 0 Å². The molecule has 3 nitrogen and oxygen atoms in total. The van der Waals surface area contributed by atoms with Gasteiger partial charge in [-0.15, -0.1) is 12.4 Å². The van der Waals surface area contributed by atoms with Crippen molar-refractivity contribution in [2.45, 2.75) is 32.1 Å². The minimum atomic E-state index is -0.278. The summed E-state index contributed by atoms with van der Waals surface area (Å²) >= 11 is 0. The van der Waals surface area contributed by atoms with Crippen molar-refractivity contribution in [3.63, 3.8) is 0 Å². The Bertz CT molecular complexity index is 473. The van der Waals surface area contributed by atoms with E-state index in [0.717, 1.165) is 31.5 Å². The zero-order valence-electron chi connectivity index (χ0n) is 12.6. The lowest BCUT2D eigenvalue weighted by Gasteiger charge is -2.28. The van der Waals surface area contributed by atoms with Crippen LogP contribution in [0.1, 0.15) is 32.3 Å². The summed E-state index contributed by atoms with van der Waals surface area (Å²) < 4.78 is 13.3. The summed E-state index contributed by atoms with van der Waals surface area (Å²) in [6.45, 7) is 6.30. The highest BCUT2D eigenvalue weighted by molar-refractivity contribution is 5.85. The molecule has 1 aromatic rings. The van der Waals surface area contributed by atoms with Gasteiger partial charge in [-0.25, -0.2) is 4.39 Å². The zero-order chi connectivity index (χ0) is 14.6. The molecule has 21 heavy (non-hydrogen) atoms. The average Bonchev–Trinajstić information content (AvgIpc) is 2.46. The van der Waals surface area contributed by atoms with Gasteiger partial charge in [0.15, 0.2) is 0 Å². The molecule has 1 unspecified atom stereocenters. The number of carbonyl (C=O) groups excluding carboxylic acids is 1. The lowest BCUT2D eigenvalue weighted by Crippen LogP contribution is -2.44. The number of benzene rings is 1. The third-order valence-electron chi connectivity index (χ3n) is 3.98. The highest BCUT2D eigenvalue weighted by Gasteiger charge is 2.25. The molecule has 118 valence electrons. The van der Waals surface area contributed by atoms with Crippen LogP contribution in [0, 0.1) is 11.7 Å². The smallest absolute Gasteiger partial charge is 0.224 e. The van der Waals surface area contributed by atoms with E-state index in [4.69, 9.17) is 0 Å². The van der Waals surface area contributed by atoms with Crippen molar-refractivity contribution in [3.8, 4) is 0 Å². The zero-order valence-corrected chi connectivity index (χ0v) is 13.4. The second kappa shape index (κ2) is 7.76. The molecule has 1 amide bonds. The van der Waals surface area contributed by atoms with E-state index < -0.39 is 0 Å². The Morgan fingerprint density at radius 2 is 2.24 bits per heavy atom. The fourth-order valence-electron chi connectivity index (χ4n) is 2.54. The summed E-state index contributed by atoms with van der Waals surface area (Å²) in [5.41, 5.74) is 0.624. The van der Waals surface area contributed by atoms with Crippen molar-refractivity contribution >= 4 is 18.3 Å². The van der Waals surface area contributed by atoms with Crippen molar-refractivity contribution in [2.75, 3.05) is 19.6 Å². The first-order chi connectivity index (χ1) is 9.49. The fraction of sp³-hybridized carbons (Fsp3) is 0.562. The molecule has 2 rings (SSSR count). The molecule has 0 bridgehead atoms. The summed E-state index contributed by atoms with van der Waals surface area (Å²) in [7, 11) is 0. The van der Waals surface area contributed by atoms with Crippen molar-refractivity contribution in [1.82, 2.24) is 10.6 Å². The number of hydrogen-bond acceptors (Lipinski definition) is 2. The highest BCUT2D eigenvalue weighted by Crippen LogP contribution is 2.23. The minimum absolute atomic E-state index is 0. The maximum Gasteiger partial charge on any atom is 0.224 e. The van der Waals surface area contributed by atoms with Crippen LogP contribution >= 0.6 is 12.4 Å². The SMILES string of the molecule is CC(C)(CNC(=O)C1CCCNC1)c1cccc(F)c1.Cl. The van der Waals surface area contributed by atoms with Crippen LogP contribution in [0.25, 0.3) is 0 Å². The van der Waals surface area contributed by atoms with Gasteiger partial charge in [-0.3, -0.25) is 4.79 Å². The van der Waals surface area contributed by atoms with Gasteiger partial charge in [0.05, 0.1) is 5.92 Å². The maximum absolute atomic E-state index is 13.3. The number of halogens is 2. The number of piperidine rings is 1. The van der Waals surface area contributed by atoms with E-state index in [1.54, 1.807) is 6.07 Å². The second-order valence-electron chi connectivity index (χ2n) is 6.16. The van der Waals surface area contributed by atoms with E-state index in [2.05, 4.69) is 10.6 Å². The van der Waals surface area contributed by atoms with Crippen LogP contribution in [-0.2, 0) is 10.2 Å². The Labute approximate surface area is 132 Å². The molecule has 2 N–H and O–H groups in total. The molecule has 0 radical (unpaired) electrons. The molecular weight excluding hydrogens is 291 g/mol. The molecule has 1 saturated heterocycles. The van der Waals surface area contributed by atoms with E-state index in [0.29, 0.717) is 6.54 Å². The number of carbonyl (C=O) groups is 1. The first-order valence-corrected chi connectivity index (χ1v) is 7.23. The van der Waals surface area contributed by atoms with Gasteiger partial charge >= 0.3 is 0 Å². The number of rotatable bonds is 4. The second-order valence-corrected chi connectivity index (χ2v) is 6.16. The van der Waals surface area contributed by atoms with Gasteiger partial charge in [0.25, 0.3) is 0 Å². The van der Waals surface area contributed by atoms with Crippen LogP contribution in [0.4, 0.5) is 4.39 Å². The first-order valence-electron chi connectivity index (χ1n) is 7.23. The van der Waals surface area contributed by atoms with E-state index in [1.807, 2.05) is 19.9 Å². The molecule has 1 aliphatic heterocycles. The monoisotopic (exact) mass is 314 g/mol. The Hall–Kier alpha value is -1.13. The summed E-state index contributed by atoms with van der Waals surface area (Å²) in [4.78, 5) is 12.1. The van der Waals surface area contributed by atoms with Gasteiger partial charge in [0.1, 0.15) is 5.82 Å². The molecule has 1 aromatic carbocycles. The van der Waals surface area contributed by atoms with Crippen LogP contribution in [0.3, 0.4) is 0 Å². The fourth-order valence-corrected chi connectivity index (χ4v) is 2.54. The van der Waals surface area contributed by atoms with Gasteiger partial charge in [-0.05, 0) is 37.1 Å². The topological polar surface area (TPSA) is 41.1 Å². The quantitative estimate of drug-likeness (QED) is 0.897. The third-order valence-corrected chi connectivity index (χ3v) is 3.98. The minimum Gasteiger partial charge on any atom is -0.355 e. The average molecular weight is 315 g/mol. The van der Waals surface area contributed by atoms with Crippen LogP contribution in [0.5, 0.6) is 0 Å². The largest absolute Gasteiger partial charge is 0.355 e.